The maximum absolute atomic E-state index is 13.8. The van der Waals surface area contributed by atoms with Crippen LogP contribution in [0.4, 0.5) is 4.39 Å². The van der Waals surface area contributed by atoms with Crippen LogP contribution >= 0.6 is 0 Å². The Morgan fingerprint density at radius 2 is 1.89 bits per heavy atom. The molecule has 3 atom stereocenters. The lowest BCUT2D eigenvalue weighted by Gasteiger charge is -2.33. The average Bonchev–Trinajstić information content (AvgIpc) is 2.66. The van der Waals surface area contributed by atoms with Crippen molar-refractivity contribution in [2.45, 2.75) is 75.3 Å². The topological polar surface area (TPSA) is 97.4 Å². The van der Waals surface area contributed by atoms with E-state index in [1.807, 2.05) is 7.05 Å². The van der Waals surface area contributed by atoms with Crippen LogP contribution in [0.25, 0.3) is 0 Å². The first-order valence-electron chi connectivity index (χ1n) is 9.57. The third kappa shape index (κ3) is 6.64. The molecule has 8 nitrogen and oxygen atoms in total. The lowest BCUT2D eigenvalue weighted by molar-refractivity contribution is -0.534. The molecule has 2 aliphatic carbocycles. The number of carbonyl (C=O) groups is 1. The molecule has 0 bridgehead atoms. The van der Waals surface area contributed by atoms with Crippen molar-refractivity contribution in [1.29, 1.82) is 0 Å². The molecule has 9 heteroatoms. The van der Waals surface area contributed by atoms with Gasteiger partial charge in [-0.2, -0.15) is 10.2 Å². The van der Waals surface area contributed by atoms with Gasteiger partial charge in [0.25, 0.3) is 0 Å². The predicted molar refractivity (Wildman–Crippen MR) is 98.0 cm³/mol. The smallest absolute Gasteiger partial charge is 0.330 e. The third-order valence-corrected chi connectivity index (χ3v) is 5.52. The highest BCUT2D eigenvalue weighted by Crippen LogP contribution is 2.28. The maximum atomic E-state index is 13.8. The van der Waals surface area contributed by atoms with Crippen molar-refractivity contribution >= 4 is 5.97 Å². The minimum Gasteiger partial charge on any atom is -0.461 e. The SMILES string of the molecule is C=CC(=O)OCCN(C)C1CCC(N=NC2CCC([N+](=O)[O-])C(F)C2)CC1. The Hall–Kier alpha value is -1.90. The number of hydrogen-bond acceptors (Lipinski definition) is 7. The summed E-state index contributed by atoms with van der Waals surface area (Å²) in [6.45, 7) is 4.39. The molecule has 0 saturated heterocycles. The van der Waals surface area contributed by atoms with Gasteiger partial charge in [0, 0.05) is 36.4 Å². The number of halogens is 1. The molecular weight excluding hydrogens is 355 g/mol. The van der Waals surface area contributed by atoms with Crippen LogP contribution in [0.2, 0.25) is 0 Å². The highest BCUT2D eigenvalue weighted by atomic mass is 19.1. The van der Waals surface area contributed by atoms with E-state index in [0.29, 0.717) is 25.6 Å². The van der Waals surface area contributed by atoms with Gasteiger partial charge >= 0.3 is 5.97 Å². The second-order valence-corrected chi connectivity index (χ2v) is 7.38. The van der Waals surface area contributed by atoms with Crippen molar-refractivity contribution in [3.05, 3.63) is 22.8 Å². The van der Waals surface area contributed by atoms with Gasteiger partial charge in [0.15, 0.2) is 6.17 Å². The Balaban J connectivity index is 1.68. The number of azo groups is 1. The summed E-state index contributed by atoms with van der Waals surface area (Å²) in [6, 6.07) is -0.770. The Bertz CT molecular complexity index is 551. The fourth-order valence-corrected chi connectivity index (χ4v) is 3.76. The highest BCUT2D eigenvalue weighted by Gasteiger charge is 2.38. The van der Waals surface area contributed by atoms with Crippen LogP contribution in [0.3, 0.4) is 0 Å². The molecule has 0 radical (unpaired) electrons. The molecule has 2 rings (SSSR count). The van der Waals surface area contributed by atoms with Crippen LogP contribution in [0, 0.1) is 10.1 Å². The second-order valence-electron chi connectivity index (χ2n) is 7.38. The molecule has 152 valence electrons. The van der Waals surface area contributed by atoms with Gasteiger partial charge in [-0.25, -0.2) is 9.18 Å². The molecule has 0 amide bonds. The van der Waals surface area contributed by atoms with Crippen LogP contribution in [0.1, 0.15) is 44.9 Å². The Kier molecular flexibility index (Phi) is 8.27. The number of rotatable bonds is 8. The number of ether oxygens (including phenoxy) is 1. The monoisotopic (exact) mass is 384 g/mol. The fourth-order valence-electron chi connectivity index (χ4n) is 3.76. The number of nitro groups is 1. The number of hydrogen-bond donors (Lipinski definition) is 0. The van der Waals surface area contributed by atoms with Gasteiger partial charge in [-0.05, 0) is 39.2 Å². The molecule has 0 N–H and O–H groups in total. The second kappa shape index (κ2) is 10.4. The lowest BCUT2D eigenvalue weighted by atomic mass is 9.90. The first kappa shape index (κ1) is 21.4. The van der Waals surface area contributed by atoms with E-state index in [-0.39, 0.29) is 24.9 Å². The van der Waals surface area contributed by atoms with E-state index in [4.69, 9.17) is 4.74 Å². The number of likely N-dealkylation sites (N-methyl/N-ethyl adjacent to an activating group) is 1. The molecular formula is C18H29FN4O4. The zero-order valence-electron chi connectivity index (χ0n) is 15.8. The molecule has 2 saturated carbocycles. The van der Waals surface area contributed by atoms with E-state index >= 15 is 0 Å². The molecule has 0 aromatic carbocycles. The first-order chi connectivity index (χ1) is 12.9. The zero-order valence-corrected chi connectivity index (χ0v) is 15.8. The standard InChI is InChI=1S/C18H29FN4O4/c1-3-18(24)27-11-10-22(2)15-7-4-13(5-8-15)20-21-14-6-9-17(23(25)26)16(19)12-14/h3,13-17H,1,4-12H2,2H3. The summed E-state index contributed by atoms with van der Waals surface area (Å²) in [5.74, 6) is -0.407. The maximum Gasteiger partial charge on any atom is 0.330 e. The Morgan fingerprint density at radius 1 is 1.26 bits per heavy atom. The minimum absolute atomic E-state index is 0.0939. The molecule has 0 aromatic rings. The van der Waals surface area contributed by atoms with E-state index in [0.717, 1.165) is 31.8 Å². The van der Waals surface area contributed by atoms with Crippen LogP contribution < -0.4 is 0 Å². The molecule has 0 aromatic heterocycles. The Labute approximate surface area is 159 Å². The largest absolute Gasteiger partial charge is 0.461 e. The molecule has 2 aliphatic rings. The van der Waals surface area contributed by atoms with Crippen molar-refractivity contribution in [3.63, 3.8) is 0 Å². The molecule has 27 heavy (non-hydrogen) atoms. The quantitative estimate of drug-likeness (QED) is 0.211. The zero-order chi connectivity index (χ0) is 19.8. The van der Waals surface area contributed by atoms with E-state index in [2.05, 4.69) is 21.7 Å². The third-order valence-electron chi connectivity index (χ3n) is 5.52. The van der Waals surface area contributed by atoms with Crippen LogP contribution in [-0.4, -0.2) is 66.3 Å². The van der Waals surface area contributed by atoms with Crippen molar-refractivity contribution < 1.29 is 18.8 Å². The van der Waals surface area contributed by atoms with Gasteiger partial charge in [0.1, 0.15) is 6.61 Å². The average molecular weight is 384 g/mol. The fraction of sp³-hybridized carbons (Fsp3) is 0.833. The number of esters is 1. The summed E-state index contributed by atoms with van der Waals surface area (Å²) in [6.07, 6.45) is 4.36. The van der Waals surface area contributed by atoms with E-state index < -0.39 is 23.1 Å². The van der Waals surface area contributed by atoms with E-state index in [1.54, 1.807) is 0 Å². The number of alkyl halides is 1. The van der Waals surface area contributed by atoms with Crippen LogP contribution in [0.15, 0.2) is 22.9 Å². The van der Waals surface area contributed by atoms with Gasteiger partial charge in [-0.3, -0.25) is 10.1 Å². The molecule has 0 heterocycles. The van der Waals surface area contributed by atoms with Crippen molar-refractivity contribution in [2.24, 2.45) is 10.2 Å². The summed E-state index contributed by atoms with van der Waals surface area (Å²) in [5.41, 5.74) is 0. The molecule has 2 fully saturated rings. The van der Waals surface area contributed by atoms with Gasteiger partial charge < -0.3 is 9.64 Å². The summed E-state index contributed by atoms with van der Waals surface area (Å²) in [7, 11) is 2.02. The van der Waals surface area contributed by atoms with Crippen LogP contribution in [0.5, 0.6) is 0 Å². The van der Waals surface area contributed by atoms with Crippen LogP contribution in [-0.2, 0) is 9.53 Å². The number of carbonyl (C=O) groups excluding carboxylic acids is 1. The van der Waals surface area contributed by atoms with Gasteiger partial charge in [-0.1, -0.05) is 6.58 Å². The summed E-state index contributed by atoms with van der Waals surface area (Å²) < 4.78 is 18.8. The minimum atomic E-state index is -1.43. The highest BCUT2D eigenvalue weighted by molar-refractivity contribution is 5.81. The number of nitrogens with zero attached hydrogens (tertiary/aromatic N) is 4. The Morgan fingerprint density at radius 3 is 2.48 bits per heavy atom. The molecule has 3 unspecified atom stereocenters. The van der Waals surface area contributed by atoms with Gasteiger partial charge in [-0.15, -0.1) is 0 Å². The molecule has 0 aliphatic heterocycles. The van der Waals surface area contributed by atoms with Gasteiger partial charge in [0.05, 0.1) is 12.1 Å². The summed E-state index contributed by atoms with van der Waals surface area (Å²) in [4.78, 5) is 23.5. The van der Waals surface area contributed by atoms with Gasteiger partial charge in [0.2, 0.25) is 6.04 Å². The summed E-state index contributed by atoms with van der Waals surface area (Å²) in [5, 5.41) is 19.4. The lowest BCUT2D eigenvalue weighted by Crippen LogP contribution is -2.38. The first-order valence-corrected chi connectivity index (χ1v) is 9.57. The van der Waals surface area contributed by atoms with Crippen molar-refractivity contribution in [3.8, 4) is 0 Å². The summed E-state index contributed by atoms with van der Waals surface area (Å²) >= 11 is 0. The van der Waals surface area contributed by atoms with Crippen molar-refractivity contribution in [2.75, 3.05) is 20.2 Å². The van der Waals surface area contributed by atoms with E-state index in [9.17, 15) is 19.3 Å². The predicted octanol–water partition coefficient (Wildman–Crippen LogP) is 2.95. The molecule has 0 spiro atoms. The van der Waals surface area contributed by atoms with E-state index in [1.165, 1.54) is 0 Å². The normalized spacial score (nSPS) is 31.7. The van der Waals surface area contributed by atoms with Crippen molar-refractivity contribution in [1.82, 2.24) is 4.90 Å².